The van der Waals surface area contributed by atoms with Crippen LogP contribution in [0.25, 0.3) is 0 Å². The predicted octanol–water partition coefficient (Wildman–Crippen LogP) is 3.90. The third-order valence-electron chi connectivity index (χ3n) is 3.39. The Kier molecular flexibility index (Phi) is 5.98. The summed E-state index contributed by atoms with van der Waals surface area (Å²) in [4.78, 5) is 23.0. The molecule has 6 heteroatoms. The highest BCUT2D eigenvalue weighted by molar-refractivity contribution is 9.10. The fraction of sp³-hybridized carbons (Fsp3) is 0.222. The molecule has 0 aliphatic carbocycles. The number of benzene rings is 2. The maximum atomic E-state index is 12.1. The minimum absolute atomic E-state index is 0.178. The van der Waals surface area contributed by atoms with Crippen molar-refractivity contribution in [3.05, 3.63) is 51.5 Å². The summed E-state index contributed by atoms with van der Waals surface area (Å²) in [6.07, 6.45) is 0.712. The molecule has 126 valence electrons. The van der Waals surface area contributed by atoms with Crippen molar-refractivity contribution in [2.24, 2.45) is 0 Å². The summed E-state index contributed by atoms with van der Waals surface area (Å²) in [6.45, 7) is 3.75. The van der Waals surface area contributed by atoms with Crippen LogP contribution >= 0.6 is 15.9 Å². The monoisotopic (exact) mass is 391 g/mol. The molecule has 1 amide bonds. The van der Waals surface area contributed by atoms with Crippen LogP contribution in [-0.2, 0) is 4.79 Å². The second kappa shape index (κ2) is 7.97. The van der Waals surface area contributed by atoms with Crippen LogP contribution < -0.4 is 14.8 Å². The lowest BCUT2D eigenvalue weighted by atomic mass is 10.1. The number of nitrogens with one attached hydrogen (secondary N) is 1. The second-order valence-electron chi connectivity index (χ2n) is 5.31. The van der Waals surface area contributed by atoms with E-state index in [-0.39, 0.29) is 12.5 Å². The van der Waals surface area contributed by atoms with Gasteiger partial charge in [0.15, 0.2) is 18.1 Å². The van der Waals surface area contributed by atoms with Crippen molar-refractivity contribution in [1.29, 1.82) is 0 Å². The van der Waals surface area contributed by atoms with E-state index in [0.717, 1.165) is 16.8 Å². The zero-order valence-electron chi connectivity index (χ0n) is 13.7. The first kappa shape index (κ1) is 18.0. The number of aldehydes is 1. The smallest absolute Gasteiger partial charge is 0.262 e. The Morgan fingerprint density at radius 3 is 2.62 bits per heavy atom. The lowest BCUT2D eigenvalue weighted by Crippen LogP contribution is -2.21. The topological polar surface area (TPSA) is 64.6 Å². The van der Waals surface area contributed by atoms with Gasteiger partial charge < -0.3 is 14.8 Å². The molecule has 5 nitrogen and oxygen atoms in total. The van der Waals surface area contributed by atoms with Gasteiger partial charge in [0, 0.05) is 11.3 Å². The van der Waals surface area contributed by atoms with Gasteiger partial charge in [-0.15, -0.1) is 0 Å². The maximum Gasteiger partial charge on any atom is 0.262 e. The van der Waals surface area contributed by atoms with Gasteiger partial charge in [-0.25, -0.2) is 0 Å². The van der Waals surface area contributed by atoms with E-state index in [9.17, 15) is 9.59 Å². The number of hydrogen-bond acceptors (Lipinski definition) is 4. The Labute approximate surface area is 149 Å². The largest absolute Gasteiger partial charge is 0.493 e. The van der Waals surface area contributed by atoms with Gasteiger partial charge in [-0.2, -0.15) is 0 Å². The van der Waals surface area contributed by atoms with Crippen LogP contribution in [0.3, 0.4) is 0 Å². The highest BCUT2D eigenvalue weighted by Gasteiger charge is 2.14. The Bertz CT molecular complexity index is 774. The van der Waals surface area contributed by atoms with Crippen LogP contribution in [0.4, 0.5) is 5.69 Å². The van der Waals surface area contributed by atoms with E-state index in [1.807, 2.05) is 32.0 Å². The first-order valence-corrected chi connectivity index (χ1v) is 8.06. The summed E-state index contributed by atoms with van der Waals surface area (Å²) in [6, 6.07) is 8.94. The number of methoxy groups -OCH3 is 1. The van der Waals surface area contributed by atoms with Gasteiger partial charge in [0.2, 0.25) is 0 Å². The standard InChI is InChI=1S/C18H18BrNO4/c1-11-4-5-15(12(2)6-11)20-17(22)10-24-18-14(19)7-13(9-21)8-16(18)23-3/h4-9H,10H2,1-3H3,(H,20,22). The number of halogens is 1. The van der Waals surface area contributed by atoms with Crippen molar-refractivity contribution in [2.45, 2.75) is 13.8 Å². The lowest BCUT2D eigenvalue weighted by molar-refractivity contribution is -0.118. The zero-order chi connectivity index (χ0) is 17.7. The molecule has 0 fully saturated rings. The second-order valence-corrected chi connectivity index (χ2v) is 6.16. The van der Waals surface area contributed by atoms with E-state index in [0.29, 0.717) is 27.8 Å². The molecule has 2 aromatic rings. The van der Waals surface area contributed by atoms with Gasteiger partial charge in [0.05, 0.1) is 11.6 Å². The van der Waals surface area contributed by atoms with Crippen LogP contribution in [0.5, 0.6) is 11.5 Å². The number of aryl methyl sites for hydroxylation is 2. The quantitative estimate of drug-likeness (QED) is 0.758. The minimum atomic E-state index is -0.282. The third kappa shape index (κ3) is 4.35. The van der Waals surface area contributed by atoms with E-state index in [1.54, 1.807) is 12.1 Å². The molecule has 0 aliphatic rings. The molecule has 0 saturated carbocycles. The van der Waals surface area contributed by atoms with Crippen molar-refractivity contribution >= 4 is 33.8 Å². The van der Waals surface area contributed by atoms with Gasteiger partial charge in [-0.05, 0) is 53.5 Å². The zero-order valence-corrected chi connectivity index (χ0v) is 15.3. The number of amides is 1. The summed E-state index contributed by atoms with van der Waals surface area (Å²) in [5.41, 5.74) is 3.31. The summed E-state index contributed by atoms with van der Waals surface area (Å²) in [5, 5.41) is 2.81. The molecular weight excluding hydrogens is 374 g/mol. The normalized spacial score (nSPS) is 10.2. The van der Waals surface area contributed by atoms with Gasteiger partial charge in [0.1, 0.15) is 6.29 Å². The summed E-state index contributed by atoms with van der Waals surface area (Å²) in [5.74, 6) is 0.472. The van der Waals surface area contributed by atoms with Crippen LogP contribution in [0.1, 0.15) is 21.5 Å². The van der Waals surface area contributed by atoms with Crippen molar-refractivity contribution in [1.82, 2.24) is 0 Å². The molecule has 0 unspecified atom stereocenters. The molecule has 0 aromatic heterocycles. The third-order valence-corrected chi connectivity index (χ3v) is 3.98. The SMILES string of the molecule is COc1cc(C=O)cc(Br)c1OCC(=O)Nc1ccc(C)cc1C. The number of hydrogen-bond donors (Lipinski definition) is 1. The molecule has 0 atom stereocenters. The number of rotatable bonds is 6. The molecule has 0 radical (unpaired) electrons. The first-order chi connectivity index (χ1) is 11.4. The van der Waals surface area contributed by atoms with E-state index in [2.05, 4.69) is 21.2 Å². The van der Waals surface area contributed by atoms with Crippen LogP contribution in [0.15, 0.2) is 34.8 Å². The summed E-state index contributed by atoms with van der Waals surface area (Å²) in [7, 11) is 1.47. The Morgan fingerprint density at radius 2 is 2.00 bits per heavy atom. The Hall–Kier alpha value is -2.34. The van der Waals surface area contributed by atoms with Crippen molar-refractivity contribution in [3.8, 4) is 11.5 Å². The van der Waals surface area contributed by atoms with Gasteiger partial charge in [-0.1, -0.05) is 17.7 Å². The predicted molar refractivity (Wildman–Crippen MR) is 96.1 cm³/mol. The van der Waals surface area contributed by atoms with Gasteiger partial charge >= 0.3 is 0 Å². The van der Waals surface area contributed by atoms with Gasteiger partial charge in [-0.3, -0.25) is 9.59 Å². The van der Waals surface area contributed by atoms with Crippen LogP contribution in [-0.4, -0.2) is 25.9 Å². The maximum absolute atomic E-state index is 12.1. The fourth-order valence-electron chi connectivity index (χ4n) is 2.23. The Morgan fingerprint density at radius 1 is 1.25 bits per heavy atom. The van der Waals surface area contributed by atoms with Crippen molar-refractivity contribution < 1.29 is 19.1 Å². The molecule has 24 heavy (non-hydrogen) atoms. The molecule has 0 heterocycles. The molecule has 2 aromatic carbocycles. The van der Waals surface area contributed by atoms with Crippen molar-refractivity contribution in [3.63, 3.8) is 0 Å². The van der Waals surface area contributed by atoms with E-state index >= 15 is 0 Å². The molecular formula is C18H18BrNO4. The lowest BCUT2D eigenvalue weighted by Gasteiger charge is -2.14. The highest BCUT2D eigenvalue weighted by atomic mass is 79.9. The van der Waals surface area contributed by atoms with E-state index < -0.39 is 0 Å². The van der Waals surface area contributed by atoms with E-state index in [4.69, 9.17) is 9.47 Å². The van der Waals surface area contributed by atoms with Crippen LogP contribution in [0, 0.1) is 13.8 Å². The average Bonchev–Trinajstić information content (AvgIpc) is 2.55. The van der Waals surface area contributed by atoms with Crippen LogP contribution in [0.2, 0.25) is 0 Å². The Balaban J connectivity index is 2.07. The number of ether oxygens (including phenoxy) is 2. The molecule has 1 N–H and O–H groups in total. The molecule has 0 aliphatic heterocycles. The van der Waals surface area contributed by atoms with Crippen molar-refractivity contribution in [2.75, 3.05) is 19.0 Å². The van der Waals surface area contributed by atoms with E-state index in [1.165, 1.54) is 7.11 Å². The summed E-state index contributed by atoms with van der Waals surface area (Å²) < 4.78 is 11.3. The highest BCUT2D eigenvalue weighted by Crippen LogP contribution is 2.36. The van der Waals surface area contributed by atoms with Gasteiger partial charge in [0.25, 0.3) is 5.91 Å². The molecule has 0 bridgehead atoms. The molecule has 0 spiro atoms. The average molecular weight is 392 g/mol. The fourth-order valence-corrected chi connectivity index (χ4v) is 2.80. The summed E-state index contributed by atoms with van der Waals surface area (Å²) >= 11 is 3.32. The molecule has 0 saturated heterocycles. The number of carbonyl (C=O) groups excluding carboxylic acids is 2. The first-order valence-electron chi connectivity index (χ1n) is 7.27. The number of carbonyl (C=O) groups is 2. The minimum Gasteiger partial charge on any atom is -0.493 e. The number of anilines is 1. The molecule has 2 rings (SSSR count).